The fourth-order valence-corrected chi connectivity index (χ4v) is 5.15. The molecule has 0 saturated carbocycles. The highest BCUT2D eigenvalue weighted by atomic mass is 31.2. The second kappa shape index (κ2) is 9.91. The maximum absolute atomic E-state index is 13.8. The fraction of sp³-hybridized carbons (Fsp3) is 0.667. The van der Waals surface area contributed by atoms with Crippen molar-refractivity contribution in [2.75, 3.05) is 13.5 Å². The maximum atomic E-state index is 13.8. The quantitative estimate of drug-likeness (QED) is 0.460. The monoisotopic (exact) mass is 413 g/mol. The third-order valence-corrected chi connectivity index (χ3v) is 7.18. The van der Waals surface area contributed by atoms with Crippen LogP contribution >= 0.6 is 7.52 Å². The Bertz CT molecular complexity index is 692. The molecule has 6 nitrogen and oxygen atoms in total. The van der Waals surface area contributed by atoms with Crippen LogP contribution in [0.25, 0.3) is 0 Å². The molecule has 2 unspecified atom stereocenters. The molecule has 160 valence electrons. The van der Waals surface area contributed by atoms with E-state index >= 15 is 0 Å². The summed E-state index contributed by atoms with van der Waals surface area (Å²) in [6.45, 7) is 13.4. The Kier molecular flexibility index (Phi) is 8.73. The second-order valence-corrected chi connectivity index (χ2v) is 10.2. The number of carboxylic acids is 1. The zero-order valence-corrected chi connectivity index (χ0v) is 19.3. The molecule has 0 saturated heterocycles. The number of aliphatic carboxylic acids is 1. The topological polar surface area (TPSA) is 84.9 Å². The number of rotatable bonds is 11. The van der Waals surface area contributed by atoms with Crippen molar-refractivity contribution in [1.82, 2.24) is 5.09 Å². The zero-order chi connectivity index (χ0) is 21.7. The Morgan fingerprint density at radius 3 is 2.04 bits per heavy atom. The molecule has 2 N–H and O–H groups in total. The van der Waals surface area contributed by atoms with Gasteiger partial charge in [0.05, 0.1) is 0 Å². The molecule has 28 heavy (non-hydrogen) atoms. The lowest BCUT2D eigenvalue weighted by Gasteiger charge is -2.36. The minimum atomic E-state index is -3.67. The first-order valence-electron chi connectivity index (χ1n) is 9.85. The summed E-state index contributed by atoms with van der Waals surface area (Å²) in [5, 5.41) is 12.7. The van der Waals surface area contributed by atoms with Gasteiger partial charge in [0, 0.05) is 7.11 Å². The highest BCUT2D eigenvalue weighted by Crippen LogP contribution is 2.50. The van der Waals surface area contributed by atoms with Crippen LogP contribution < -0.4 is 9.61 Å². The van der Waals surface area contributed by atoms with Gasteiger partial charge >= 0.3 is 13.5 Å². The lowest BCUT2D eigenvalue weighted by atomic mass is 9.86. The van der Waals surface area contributed by atoms with Crippen molar-refractivity contribution in [2.45, 2.75) is 72.3 Å². The lowest BCUT2D eigenvalue weighted by molar-refractivity contribution is -0.145. The summed E-state index contributed by atoms with van der Waals surface area (Å²) in [6, 6.07) is 5.87. The van der Waals surface area contributed by atoms with E-state index in [2.05, 4.69) is 5.09 Å². The van der Waals surface area contributed by atoms with E-state index in [9.17, 15) is 14.5 Å². The van der Waals surface area contributed by atoms with E-state index in [4.69, 9.17) is 9.26 Å². The van der Waals surface area contributed by atoms with Crippen LogP contribution in [0.15, 0.2) is 18.2 Å². The molecular weight excluding hydrogens is 377 g/mol. The van der Waals surface area contributed by atoms with Crippen LogP contribution in [0.2, 0.25) is 0 Å². The van der Waals surface area contributed by atoms with Crippen molar-refractivity contribution in [2.24, 2.45) is 5.92 Å². The maximum Gasteiger partial charge on any atom is 0.342 e. The van der Waals surface area contributed by atoms with E-state index in [1.807, 2.05) is 59.7 Å². The molecule has 0 heterocycles. The van der Waals surface area contributed by atoms with Crippen LogP contribution in [-0.2, 0) is 14.1 Å². The summed E-state index contributed by atoms with van der Waals surface area (Å²) in [7, 11) is -2.24. The van der Waals surface area contributed by atoms with Gasteiger partial charge in [-0.3, -0.25) is 9.36 Å². The third kappa shape index (κ3) is 5.59. The molecular formula is C21H36NO5P. The van der Waals surface area contributed by atoms with Gasteiger partial charge in [0.1, 0.15) is 17.6 Å². The van der Waals surface area contributed by atoms with Crippen molar-refractivity contribution in [3.8, 4) is 5.75 Å². The molecule has 0 amide bonds. The first kappa shape index (κ1) is 24.7. The average molecular weight is 413 g/mol. The Hall–Kier alpha value is -1.36. The van der Waals surface area contributed by atoms with Crippen LogP contribution in [0.5, 0.6) is 5.75 Å². The standard InChI is InChI=1S/C21H36NO5P/c1-9-16(6)21(7,20(23)24)22-28(25,13-26-8)27-19-17(14(2)3)11-10-12-18(19)15(4)5/h10-12,14-16H,9,13H2,1-8H3,(H,22,25)(H,23,24)/t16-,21?,28?/m0/s1. The van der Waals surface area contributed by atoms with Crippen molar-refractivity contribution in [1.29, 1.82) is 0 Å². The molecule has 0 aliphatic carbocycles. The minimum absolute atomic E-state index is 0.158. The Morgan fingerprint density at radius 1 is 1.18 bits per heavy atom. The smallest absolute Gasteiger partial charge is 0.342 e. The summed E-state index contributed by atoms with van der Waals surface area (Å²) in [6.07, 6.45) is 0.388. The summed E-state index contributed by atoms with van der Waals surface area (Å²) in [5.74, 6) is -0.459. The molecule has 0 bridgehead atoms. The minimum Gasteiger partial charge on any atom is -0.480 e. The van der Waals surface area contributed by atoms with Crippen molar-refractivity contribution >= 4 is 13.5 Å². The number of benzene rings is 1. The van der Waals surface area contributed by atoms with Gasteiger partial charge in [-0.05, 0) is 35.8 Å². The van der Waals surface area contributed by atoms with Crippen LogP contribution in [-0.4, -0.2) is 30.1 Å². The van der Waals surface area contributed by atoms with E-state index in [1.54, 1.807) is 6.92 Å². The van der Waals surface area contributed by atoms with Gasteiger partial charge in [-0.2, -0.15) is 0 Å². The van der Waals surface area contributed by atoms with Gasteiger partial charge in [0.2, 0.25) is 0 Å². The molecule has 1 aromatic carbocycles. The molecule has 1 aromatic rings. The Morgan fingerprint density at radius 2 is 1.68 bits per heavy atom. The lowest BCUT2D eigenvalue weighted by Crippen LogP contribution is -2.53. The average Bonchev–Trinajstić information content (AvgIpc) is 2.60. The molecule has 0 aromatic heterocycles. The van der Waals surface area contributed by atoms with Crippen LogP contribution in [0.3, 0.4) is 0 Å². The van der Waals surface area contributed by atoms with Crippen molar-refractivity contribution in [3.05, 3.63) is 29.3 Å². The largest absolute Gasteiger partial charge is 0.480 e. The summed E-state index contributed by atoms with van der Waals surface area (Å²) >= 11 is 0. The number of nitrogens with one attached hydrogen (secondary N) is 1. The number of carboxylic acid groups (broad SMARTS) is 1. The number of hydrogen-bond acceptors (Lipinski definition) is 4. The van der Waals surface area contributed by atoms with E-state index in [1.165, 1.54) is 7.11 Å². The number of para-hydroxylation sites is 1. The molecule has 7 heteroatoms. The summed E-state index contributed by atoms with van der Waals surface area (Å²) in [4.78, 5) is 12.0. The Balaban J connectivity index is 3.48. The fourth-order valence-electron chi connectivity index (χ4n) is 3.12. The molecule has 0 fully saturated rings. The Labute approximate surface area is 169 Å². The van der Waals surface area contributed by atoms with Gasteiger partial charge in [0.25, 0.3) is 0 Å². The van der Waals surface area contributed by atoms with E-state index < -0.39 is 19.0 Å². The number of carbonyl (C=O) groups is 1. The second-order valence-electron chi connectivity index (χ2n) is 8.19. The predicted molar refractivity (Wildman–Crippen MR) is 113 cm³/mol. The van der Waals surface area contributed by atoms with Gasteiger partial charge in [-0.1, -0.05) is 66.2 Å². The van der Waals surface area contributed by atoms with Gasteiger partial charge in [-0.15, -0.1) is 0 Å². The van der Waals surface area contributed by atoms with Gasteiger partial charge in [0.15, 0.2) is 0 Å². The number of hydrogen-bond donors (Lipinski definition) is 2. The van der Waals surface area contributed by atoms with E-state index in [0.717, 1.165) is 11.1 Å². The number of methoxy groups -OCH3 is 1. The normalized spacial score (nSPS) is 17.2. The molecule has 1 rings (SSSR count). The van der Waals surface area contributed by atoms with E-state index in [0.29, 0.717) is 12.2 Å². The van der Waals surface area contributed by atoms with E-state index in [-0.39, 0.29) is 24.1 Å². The molecule has 0 spiro atoms. The molecule has 0 radical (unpaired) electrons. The third-order valence-electron chi connectivity index (χ3n) is 5.30. The summed E-state index contributed by atoms with van der Waals surface area (Å²) < 4.78 is 25.1. The van der Waals surface area contributed by atoms with Crippen LogP contribution in [0.4, 0.5) is 0 Å². The highest BCUT2D eigenvalue weighted by Gasteiger charge is 2.45. The molecule has 0 aliphatic rings. The van der Waals surface area contributed by atoms with Crippen LogP contribution in [0.1, 0.15) is 77.8 Å². The molecule has 0 aliphatic heterocycles. The summed E-state index contributed by atoms with van der Waals surface area (Å²) in [5.41, 5.74) is 0.461. The SMILES string of the molecule is CC[C@H](C)C(C)(NP(=O)(COC)Oc1c(C(C)C)cccc1C(C)C)C(=O)O. The molecule has 3 atom stereocenters. The van der Waals surface area contributed by atoms with Crippen molar-refractivity contribution < 1.29 is 23.7 Å². The predicted octanol–water partition coefficient (Wildman–Crippen LogP) is 5.59. The van der Waals surface area contributed by atoms with Gasteiger partial charge in [-0.25, -0.2) is 5.09 Å². The first-order chi connectivity index (χ1) is 12.9. The highest BCUT2D eigenvalue weighted by molar-refractivity contribution is 7.57. The first-order valence-corrected chi connectivity index (χ1v) is 11.7. The number of ether oxygens (including phenoxy) is 1. The zero-order valence-electron chi connectivity index (χ0n) is 18.4. The van der Waals surface area contributed by atoms with Crippen molar-refractivity contribution in [3.63, 3.8) is 0 Å². The van der Waals surface area contributed by atoms with Crippen LogP contribution in [0, 0.1) is 5.92 Å². The van der Waals surface area contributed by atoms with Gasteiger partial charge < -0.3 is 14.4 Å².